The summed E-state index contributed by atoms with van der Waals surface area (Å²) in [5.74, 6) is -0.0137. The molecule has 1 N–H and O–H groups in total. The van der Waals surface area contributed by atoms with Gasteiger partial charge in [-0.25, -0.2) is 0 Å². The molecule has 0 aliphatic carbocycles. The molecule has 0 spiro atoms. The minimum atomic E-state index is -0.0395. The molecule has 0 unspecified atom stereocenters. The predicted molar refractivity (Wildman–Crippen MR) is 110 cm³/mol. The van der Waals surface area contributed by atoms with Gasteiger partial charge in [0.15, 0.2) is 0 Å². The number of rotatable bonds is 5. The monoisotopic (exact) mass is 383 g/mol. The standard InChI is InChI=1S/C22H22ClNOS/c1-14(18-9-5-4-6-10-18)24-22(25)21-16(3)26-15(2)20(21)13-17-8-7-11-19(23)12-17/h4-12,14H,13H2,1-3H3,(H,24,25)/t14-/m0/s1. The van der Waals surface area contributed by atoms with Crippen molar-refractivity contribution in [3.8, 4) is 0 Å². The van der Waals surface area contributed by atoms with Crippen LogP contribution in [0.15, 0.2) is 54.6 Å². The lowest BCUT2D eigenvalue weighted by Crippen LogP contribution is -2.27. The number of benzene rings is 2. The summed E-state index contributed by atoms with van der Waals surface area (Å²) in [5.41, 5.74) is 4.10. The first-order valence-corrected chi connectivity index (χ1v) is 9.84. The highest BCUT2D eigenvalue weighted by molar-refractivity contribution is 7.12. The molecule has 2 aromatic carbocycles. The van der Waals surface area contributed by atoms with Gasteiger partial charge in [-0.2, -0.15) is 0 Å². The van der Waals surface area contributed by atoms with Crippen LogP contribution in [0.4, 0.5) is 0 Å². The van der Waals surface area contributed by atoms with Crippen LogP contribution in [0, 0.1) is 13.8 Å². The van der Waals surface area contributed by atoms with Crippen molar-refractivity contribution in [2.24, 2.45) is 0 Å². The molecule has 0 saturated carbocycles. The number of nitrogens with one attached hydrogen (secondary N) is 1. The highest BCUT2D eigenvalue weighted by Gasteiger charge is 2.21. The number of halogens is 1. The average Bonchev–Trinajstić information content (AvgIpc) is 2.89. The Morgan fingerprint density at radius 3 is 2.50 bits per heavy atom. The Morgan fingerprint density at radius 1 is 1.08 bits per heavy atom. The molecule has 0 radical (unpaired) electrons. The van der Waals surface area contributed by atoms with Crippen LogP contribution in [0.25, 0.3) is 0 Å². The molecule has 2 nitrogen and oxygen atoms in total. The molecule has 1 aromatic heterocycles. The Hall–Kier alpha value is -2.10. The first-order valence-electron chi connectivity index (χ1n) is 8.65. The maximum absolute atomic E-state index is 13.0. The Labute approximate surface area is 163 Å². The third-order valence-electron chi connectivity index (χ3n) is 4.53. The van der Waals surface area contributed by atoms with Crippen molar-refractivity contribution in [1.29, 1.82) is 0 Å². The van der Waals surface area contributed by atoms with Gasteiger partial charge in [-0.15, -0.1) is 11.3 Å². The van der Waals surface area contributed by atoms with E-state index in [-0.39, 0.29) is 11.9 Å². The van der Waals surface area contributed by atoms with Gasteiger partial charge in [0.05, 0.1) is 11.6 Å². The van der Waals surface area contributed by atoms with Crippen molar-refractivity contribution in [3.05, 3.63) is 91.6 Å². The molecule has 0 aliphatic heterocycles. The van der Waals surface area contributed by atoms with Gasteiger partial charge in [0, 0.05) is 14.8 Å². The van der Waals surface area contributed by atoms with Crippen molar-refractivity contribution < 1.29 is 4.79 Å². The number of amides is 1. The lowest BCUT2D eigenvalue weighted by atomic mass is 9.99. The van der Waals surface area contributed by atoms with E-state index in [2.05, 4.69) is 12.2 Å². The van der Waals surface area contributed by atoms with Crippen LogP contribution in [0.3, 0.4) is 0 Å². The predicted octanol–water partition coefficient (Wildman–Crippen LogP) is 6.10. The van der Waals surface area contributed by atoms with Crippen LogP contribution in [0.1, 0.15) is 49.8 Å². The van der Waals surface area contributed by atoms with Gasteiger partial charge in [0.2, 0.25) is 0 Å². The largest absolute Gasteiger partial charge is 0.345 e. The van der Waals surface area contributed by atoms with Crippen LogP contribution in [-0.2, 0) is 6.42 Å². The highest BCUT2D eigenvalue weighted by Crippen LogP contribution is 2.30. The van der Waals surface area contributed by atoms with E-state index in [4.69, 9.17) is 11.6 Å². The molecule has 1 amide bonds. The summed E-state index contributed by atoms with van der Waals surface area (Å²) in [6.45, 7) is 6.11. The van der Waals surface area contributed by atoms with E-state index in [1.165, 1.54) is 4.88 Å². The van der Waals surface area contributed by atoms with Crippen LogP contribution in [-0.4, -0.2) is 5.91 Å². The van der Waals surface area contributed by atoms with Crippen LogP contribution in [0.2, 0.25) is 5.02 Å². The van der Waals surface area contributed by atoms with Gasteiger partial charge >= 0.3 is 0 Å². The van der Waals surface area contributed by atoms with Gasteiger partial charge in [-0.05, 0) is 56.0 Å². The maximum atomic E-state index is 13.0. The van der Waals surface area contributed by atoms with Gasteiger partial charge in [0.25, 0.3) is 5.91 Å². The highest BCUT2D eigenvalue weighted by atomic mass is 35.5. The normalized spacial score (nSPS) is 12.0. The summed E-state index contributed by atoms with van der Waals surface area (Å²) < 4.78 is 0. The summed E-state index contributed by atoms with van der Waals surface area (Å²) in [7, 11) is 0. The SMILES string of the molecule is Cc1sc(C)c(C(=O)N[C@@H](C)c2ccccc2)c1Cc1cccc(Cl)c1. The van der Waals surface area contributed by atoms with Crippen molar-refractivity contribution in [2.75, 3.05) is 0 Å². The fraction of sp³-hybridized carbons (Fsp3) is 0.227. The first-order chi connectivity index (χ1) is 12.5. The first kappa shape index (κ1) is 18.7. The lowest BCUT2D eigenvalue weighted by Gasteiger charge is -2.15. The molecule has 0 fully saturated rings. The van der Waals surface area contributed by atoms with E-state index in [1.54, 1.807) is 11.3 Å². The molecular weight excluding hydrogens is 362 g/mol. The van der Waals surface area contributed by atoms with E-state index in [1.807, 2.05) is 68.4 Å². The number of carbonyl (C=O) groups excluding carboxylic acids is 1. The van der Waals surface area contributed by atoms with Gasteiger partial charge in [0.1, 0.15) is 0 Å². The maximum Gasteiger partial charge on any atom is 0.253 e. The van der Waals surface area contributed by atoms with E-state index in [9.17, 15) is 4.79 Å². The average molecular weight is 384 g/mol. The van der Waals surface area contributed by atoms with Crippen molar-refractivity contribution in [3.63, 3.8) is 0 Å². The number of hydrogen-bond acceptors (Lipinski definition) is 2. The molecule has 0 bridgehead atoms. The van der Waals surface area contributed by atoms with Gasteiger partial charge in [-0.1, -0.05) is 54.1 Å². The molecule has 1 atom stereocenters. The molecule has 4 heteroatoms. The molecule has 3 aromatic rings. The zero-order valence-corrected chi connectivity index (χ0v) is 16.7. The molecule has 0 aliphatic rings. The summed E-state index contributed by atoms with van der Waals surface area (Å²) in [5, 5.41) is 3.86. The summed E-state index contributed by atoms with van der Waals surface area (Å²) >= 11 is 7.80. The van der Waals surface area contributed by atoms with Crippen molar-refractivity contribution >= 4 is 28.8 Å². The summed E-state index contributed by atoms with van der Waals surface area (Å²) in [4.78, 5) is 15.2. The zero-order chi connectivity index (χ0) is 18.7. The molecule has 0 saturated heterocycles. The number of aryl methyl sites for hydroxylation is 2. The van der Waals surface area contributed by atoms with Gasteiger partial charge < -0.3 is 5.32 Å². The fourth-order valence-electron chi connectivity index (χ4n) is 3.19. The molecule has 1 heterocycles. The Bertz CT molecular complexity index is 917. The van der Waals surface area contributed by atoms with Crippen molar-refractivity contribution in [2.45, 2.75) is 33.2 Å². The third kappa shape index (κ3) is 4.17. The van der Waals surface area contributed by atoms with Crippen LogP contribution >= 0.6 is 22.9 Å². The molecule has 134 valence electrons. The third-order valence-corrected chi connectivity index (χ3v) is 5.83. The Morgan fingerprint density at radius 2 is 1.81 bits per heavy atom. The topological polar surface area (TPSA) is 29.1 Å². The molecule has 26 heavy (non-hydrogen) atoms. The summed E-state index contributed by atoms with van der Waals surface area (Å²) in [6.07, 6.45) is 0.708. The van der Waals surface area contributed by atoms with Crippen LogP contribution < -0.4 is 5.32 Å². The van der Waals surface area contributed by atoms with E-state index >= 15 is 0 Å². The fourth-order valence-corrected chi connectivity index (χ4v) is 4.47. The minimum Gasteiger partial charge on any atom is -0.345 e. The smallest absolute Gasteiger partial charge is 0.253 e. The van der Waals surface area contributed by atoms with E-state index in [0.717, 1.165) is 32.2 Å². The lowest BCUT2D eigenvalue weighted by molar-refractivity contribution is 0.0939. The second kappa shape index (κ2) is 8.07. The second-order valence-electron chi connectivity index (χ2n) is 6.48. The number of thiophene rings is 1. The number of carbonyl (C=O) groups is 1. The quantitative estimate of drug-likeness (QED) is 0.566. The molecular formula is C22H22ClNOS. The number of hydrogen-bond donors (Lipinski definition) is 1. The minimum absolute atomic E-state index is 0.0137. The molecule has 3 rings (SSSR count). The van der Waals surface area contributed by atoms with E-state index < -0.39 is 0 Å². The summed E-state index contributed by atoms with van der Waals surface area (Å²) in [6, 6.07) is 17.8. The zero-order valence-electron chi connectivity index (χ0n) is 15.2. The van der Waals surface area contributed by atoms with Gasteiger partial charge in [-0.3, -0.25) is 4.79 Å². The van der Waals surface area contributed by atoms with Crippen LogP contribution in [0.5, 0.6) is 0 Å². The Kier molecular flexibility index (Phi) is 5.80. The Balaban J connectivity index is 1.86. The second-order valence-corrected chi connectivity index (χ2v) is 8.35. The van der Waals surface area contributed by atoms with E-state index in [0.29, 0.717) is 6.42 Å². The van der Waals surface area contributed by atoms with Crippen molar-refractivity contribution in [1.82, 2.24) is 5.32 Å².